The summed E-state index contributed by atoms with van der Waals surface area (Å²) in [5, 5.41) is 23.7. The van der Waals surface area contributed by atoms with Gasteiger partial charge >= 0.3 is 7.82 Å². The molecule has 0 bridgehead atoms. The van der Waals surface area contributed by atoms with Crippen molar-refractivity contribution in [2.24, 2.45) is 0 Å². The average Bonchev–Trinajstić information content (AvgIpc) is 2.75. The van der Waals surface area contributed by atoms with E-state index >= 15 is 0 Å². The lowest BCUT2D eigenvalue weighted by Gasteiger charge is -2.03. The maximum absolute atomic E-state index is 8.88. The fourth-order valence-corrected chi connectivity index (χ4v) is 2.85. The van der Waals surface area contributed by atoms with E-state index in [0.29, 0.717) is 6.61 Å². The second kappa shape index (κ2) is 29.4. The fraction of sp³-hybridized carbons (Fsp3) is 0.900. The molecular weight excluding hydrogens is 463 g/mol. The van der Waals surface area contributed by atoms with Gasteiger partial charge in [0, 0.05) is 15.1 Å². The van der Waals surface area contributed by atoms with Crippen molar-refractivity contribution in [1.29, 1.82) is 0 Å². The number of rotatable bonds is 25. The van der Waals surface area contributed by atoms with Gasteiger partial charge in [0.25, 0.3) is 0 Å². The van der Waals surface area contributed by atoms with Gasteiger partial charge in [0.1, 0.15) is 6.26 Å². The van der Waals surface area contributed by atoms with E-state index in [1.165, 1.54) is 89.9 Å². The minimum absolute atomic E-state index is 0.402. The summed E-state index contributed by atoms with van der Waals surface area (Å²) in [6.07, 6.45) is 22.1. The molecule has 0 amide bonds. The van der Waals surface area contributed by atoms with Gasteiger partial charge in [0.15, 0.2) is 0 Å². The van der Waals surface area contributed by atoms with Crippen LogP contribution in [0.25, 0.3) is 0 Å². The first-order chi connectivity index (χ1) is 15.9. The molecule has 0 spiro atoms. The van der Waals surface area contributed by atoms with Gasteiger partial charge in [-0.15, -0.1) is 0 Å². The SMILES string of the molecule is C=COOOOOOOOCCCCCCCCCCCCCCCCCC.O=P(O)(O)O. The standard InChI is InChI=1S/C20H40O8.H3O4P/c1-3-5-6-7-8-9-10-11-12-13-14-15-16-17-18-19-20-22-24-26-28-27-25-23-21-4-2;1-5(2,3)4/h4H,2-3,5-20H2,1H3;(H3,1,2,3,4). The Kier molecular flexibility index (Phi) is 30.8. The molecule has 0 aromatic carbocycles. The molecule has 12 nitrogen and oxygen atoms in total. The normalized spacial score (nSPS) is 11.2. The van der Waals surface area contributed by atoms with Gasteiger partial charge in [-0.3, -0.25) is 0 Å². The van der Waals surface area contributed by atoms with Crippen LogP contribution in [0.2, 0.25) is 0 Å². The molecule has 200 valence electrons. The zero-order valence-electron chi connectivity index (χ0n) is 19.8. The Morgan fingerprint density at radius 3 is 1.33 bits per heavy atom. The van der Waals surface area contributed by atoms with Crippen LogP contribution in [0.3, 0.4) is 0 Å². The summed E-state index contributed by atoms with van der Waals surface area (Å²) in [4.78, 5) is 30.4. The smallest absolute Gasteiger partial charge is 0.315 e. The molecule has 0 aliphatic carbocycles. The quantitative estimate of drug-likeness (QED) is 0.0437. The van der Waals surface area contributed by atoms with Crippen LogP contribution < -0.4 is 0 Å². The highest BCUT2D eigenvalue weighted by molar-refractivity contribution is 7.45. The Morgan fingerprint density at radius 2 is 0.939 bits per heavy atom. The number of unbranched alkanes of at least 4 members (excludes halogenated alkanes) is 15. The lowest BCUT2D eigenvalue weighted by molar-refractivity contribution is -0.811. The van der Waals surface area contributed by atoms with Gasteiger partial charge in [-0.1, -0.05) is 110 Å². The van der Waals surface area contributed by atoms with Crippen molar-refractivity contribution in [3.8, 4) is 0 Å². The summed E-state index contributed by atoms with van der Waals surface area (Å²) in [6.45, 7) is 5.86. The topological polar surface area (TPSA) is 152 Å². The van der Waals surface area contributed by atoms with Crippen LogP contribution in [0.4, 0.5) is 0 Å². The van der Waals surface area contributed by atoms with Crippen molar-refractivity contribution in [2.75, 3.05) is 6.61 Å². The van der Waals surface area contributed by atoms with Crippen LogP contribution in [0, 0.1) is 0 Å². The van der Waals surface area contributed by atoms with Gasteiger partial charge in [0.05, 0.1) is 6.61 Å². The monoisotopic (exact) mass is 506 g/mol. The molecule has 33 heavy (non-hydrogen) atoms. The van der Waals surface area contributed by atoms with Crippen molar-refractivity contribution < 1.29 is 59.3 Å². The highest BCUT2D eigenvalue weighted by atomic mass is 31.2. The van der Waals surface area contributed by atoms with Crippen molar-refractivity contribution in [3.63, 3.8) is 0 Å². The summed E-state index contributed by atoms with van der Waals surface area (Å²) in [7, 11) is -4.64. The first-order valence-corrected chi connectivity index (χ1v) is 13.2. The summed E-state index contributed by atoms with van der Waals surface area (Å²) >= 11 is 0. The zero-order valence-corrected chi connectivity index (χ0v) is 20.7. The van der Waals surface area contributed by atoms with Crippen molar-refractivity contribution in [3.05, 3.63) is 12.8 Å². The lowest BCUT2D eigenvalue weighted by Crippen LogP contribution is -2.02. The van der Waals surface area contributed by atoms with Crippen molar-refractivity contribution in [2.45, 2.75) is 110 Å². The average molecular weight is 507 g/mol. The third kappa shape index (κ3) is 45.6. The van der Waals surface area contributed by atoms with Crippen LogP contribution in [0.15, 0.2) is 12.8 Å². The Hall–Kier alpha value is -0.630. The van der Waals surface area contributed by atoms with Crippen LogP contribution in [0.5, 0.6) is 0 Å². The van der Waals surface area contributed by atoms with Crippen LogP contribution in [-0.2, 0) is 44.6 Å². The number of hydrogen-bond donors (Lipinski definition) is 3. The van der Waals surface area contributed by atoms with Crippen molar-refractivity contribution in [1.82, 2.24) is 0 Å². The molecule has 0 rings (SSSR count). The molecule has 3 N–H and O–H groups in total. The maximum atomic E-state index is 8.88. The largest absolute Gasteiger partial charge is 0.466 e. The van der Waals surface area contributed by atoms with E-state index in [-0.39, 0.29) is 0 Å². The predicted molar refractivity (Wildman–Crippen MR) is 118 cm³/mol. The molecule has 0 aromatic rings. The molecule has 0 radical (unpaired) electrons. The number of phosphoric acid groups is 1. The van der Waals surface area contributed by atoms with Gasteiger partial charge in [-0.25, -0.2) is 9.45 Å². The molecule has 0 unspecified atom stereocenters. The van der Waals surface area contributed by atoms with Crippen LogP contribution in [-0.4, -0.2) is 21.3 Å². The summed E-state index contributed by atoms with van der Waals surface area (Å²) in [6, 6.07) is 0. The van der Waals surface area contributed by atoms with E-state index in [2.05, 4.69) is 48.6 Å². The highest BCUT2D eigenvalue weighted by Crippen LogP contribution is 2.25. The molecule has 0 aliphatic heterocycles. The second-order valence-corrected chi connectivity index (χ2v) is 8.34. The van der Waals surface area contributed by atoms with Gasteiger partial charge in [-0.2, -0.15) is 0 Å². The number of hydrogen-bond acceptors (Lipinski definition) is 9. The minimum Gasteiger partial charge on any atom is -0.315 e. The molecule has 0 aromatic heterocycles. The predicted octanol–water partition coefficient (Wildman–Crippen LogP) is 6.00. The molecule has 0 saturated carbocycles. The summed E-state index contributed by atoms with van der Waals surface area (Å²) < 4.78 is 8.88. The lowest BCUT2D eigenvalue weighted by atomic mass is 10.0. The third-order valence-corrected chi connectivity index (χ3v) is 4.38. The first-order valence-electron chi connectivity index (χ1n) is 11.6. The minimum atomic E-state index is -4.64. The first kappa shape index (κ1) is 34.5. The van der Waals surface area contributed by atoms with Gasteiger partial charge in [-0.05, 0) is 21.5 Å². The van der Waals surface area contributed by atoms with Crippen LogP contribution in [0.1, 0.15) is 110 Å². The van der Waals surface area contributed by atoms with Gasteiger partial charge < -0.3 is 19.6 Å². The molecule has 0 fully saturated rings. The van der Waals surface area contributed by atoms with Crippen molar-refractivity contribution >= 4 is 7.82 Å². The second-order valence-electron chi connectivity index (χ2n) is 7.31. The van der Waals surface area contributed by atoms with E-state index in [1.54, 1.807) is 0 Å². The van der Waals surface area contributed by atoms with E-state index < -0.39 is 7.82 Å². The summed E-state index contributed by atoms with van der Waals surface area (Å²) in [5.74, 6) is 0. The Balaban J connectivity index is 0. The Bertz CT molecular complexity index is 414. The molecule has 0 atom stereocenters. The van der Waals surface area contributed by atoms with E-state index in [4.69, 9.17) is 24.1 Å². The third-order valence-electron chi connectivity index (χ3n) is 4.38. The Morgan fingerprint density at radius 1 is 0.606 bits per heavy atom. The Labute approximate surface area is 196 Å². The van der Waals surface area contributed by atoms with Gasteiger partial charge in [0.2, 0.25) is 0 Å². The fourth-order valence-electron chi connectivity index (χ4n) is 2.85. The van der Waals surface area contributed by atoms with E-state index in [9.17, 15) is 0 Å². The summed E-state index contributed by atoms with van der Waals surface area (Å²) in [5.41, 5.74) is 0. The molecular formula is C20H43O12P. The molecule has 0 heterocycles. The molecule has 0 aliphatic rings. The van der Waals surface area contributed by atoms with E-state index in [1.807, 2.05) is 0 Å². The zero-order chi connectivity index (χ0) is 24.9. The maximum Gasteiger partial charge on any atom is 0.466 e. The molecule has 0 saturated heterocycles. The van der Waals surface area contributed by atoms with Crippen LogP contribution >= 0.6 is 7.82 Å². The van der Waals surface area contributed by atoms with E-state index in [0.717, 1.165) is 19.1 Å². The highest BCUT2D eigenvalue weighted by Gasteiger charge is 2.00. The molecule has 13 heteroatoms.